The second kappa shape index (κ2) is 6.85. The summed E-state index contributed by atoms with van der Waals surface area (Å²) in [6, 6.07) is 1.69. The topological polar surface area (TPSA) is 74.4 Å². The first-order valence-electron chi connectivity index (χ1n) is 6.62. The number of ether oxygens (including phenoxy) is 2. The summed E-state index contributed by atoms with van der Waals surface area (Å²) in [6.45, 7) is 3.69. The van der Waals surface area contributed by atoms with Crippen molar-refractivity contribution in [1.29, 1.82) is 0 Å². The van der Waals surface area contributed by atoms with Crippen molar-refractivity contribution >= 4 is 6.09 Å². The SMILES string of the molecule is Cc1cc(CCC(C)(C)OC(N)=O)cnc1OCC(F)(F)F. The van der Waals surface area contributed by atoms with Crippen LogP contribution in [0.2, 0.25) is 0 Å². The van der Waals surface area contributed by atoms with Gasteiger partial charge in [0, 0.05) is 11.8 Å². The number of primary amides is 1. The van der Waals surface area contributed by atoms with Crippen molar-refractivity contribution in [2.24, 2.45) is 5.73 Å². The Balaban J connectivity index is 2.64. The molecule has 124 valence electrons. The van der Waals surface area contributed by atoms with Crippen molar-refractivity contribution in [3.63, 3.8) is 0 Å². The van der Waals surface area contributed by atoms with E-state index in [1.165, 1.54) is 6.20 Å². The molecule has 0 aromatic carbocycles. The highest BCUT2D eigenvalue weighted by molar-refractivity contribution is 5.65. The van der Waals surface area contributed by atoms with Crippen LogP contribution in [0.1, 0.15) is 31.4 Å². The van der Waals surface area contributed by atoms with Crippen LogP contribution in [0.3, 0.4) is 0 Å². The number of hydrogen-bond acceptors (Lipinski definition) is 4. The van der Waals surface area contributed by atoms with Crippen LogP contribution >= 0.6 is 0 Å². The maximum Gasteiger partial charge on any atom is 0.422 e. The highest BCUT2D eigenvalue weighted by atomic mass is 19.4. The predicted octanol–water partition coefficient (Wildman–Crippen LogP) is 3.14. The summed E-state index contributed by atoms with van der Waals surface area (Å²) < 4.78 is 45.9. The molecule has 22 heavy (non-hydrogen) atoms. The molecule has 1 aromatic rings. The minimum atomic E-state index is -4.40. The molecule has 0 aliphatic heterocycles. The number of amides is 1. The number of pyridine rings is 1. The molecule has 0 spiro atoms. The van der Waals surface area contributed by atoms with E-state index in [-0.39, 0.29) is 5.88 Å². The van der Waals surface area contributed by atoms with Crippen molar-refractivity contribution in [2.75, 3.05) is 6.61 Å². The Morgan fingerprint density at radius 2 is 2.00 bits per heavy atom. The van der Waals surface area contributed by atoms with Gasteiger partial charge in [0.1, 0.15) is 5.60 Å². The molecule has 1 amide bonds. The van der Waals surface area contributed by atoms with E-state index in [4.69, 9.17) is 10.5 Å². The van der Waals surface area contributed by atoms with Crippen molar-refractivity contribution in [1.82, 2.24) is 4.98 Å². The van der Waals surface area contributed by atoms with Crippen molar-refractivity contribution < 1.29 is 27.4 Å². The molecule has 0 saturated heterocycles. The Kier molecular flexibility index (Phi) is 5.62. The highest BCUT2D eigenvalue weighted by Gasteiger charge is 2.29. The number of rotatable bonds is 6. The summed E-state index contributed by atoms with van der Waals surface area (Å²) in [5.41, 5.74) is 5.56. The average Bonchev–Trinajstić information content (AvgIpc) is 2.32. The standard InChI is InChI=1S/C14H19F3N2O3/c1-9-6-10(4-5-13(2,3)22-12(18)20)7-19-11(9)21-8-14(15,16)17/h6-7H,4-5,8H2,1-3H3,(H2,18,20). The minimum absolute atomic E-state index is 0.0475. The molecule has 0 atom stereocenters. The van der Waals surface area contributed by atoms with Crippen LogP contribution in [0.15, 0.2) is 12.3 Å². The molecule has 0 bridgehead atoms. The quantitative estimate of drug-likeness (QED) is 0.874. The fraction of sp³-hybridized carbons (Fsp3) is 0.571. The predicted molar refractivity (Wildman–Crippen MR) is 73.6 cm³/mol. The van der Waals surface area contributed by atoms with E-state index in [1.54, 1.807) is 26.8 Å². The number of carbonyl (C=O) groups excluding carboxylic acids is 1. The molecule has 8 heteroatoms. The van der Waals surface area contributed by atoms with Gasteiger partial charge in [-0.1, -0.05) is 0 Å². The molecule has 0 radical (unpaired) electrons. The van der Waals surface area contributed by atoms with Gasteiger partial charge in [0.2, 0.25) is 5.88 Å². The van der Waals surface area contributed by atoms with Crippen LogP contribution in [0.25, 0.3) is 0 Å². The Labute approximate surface area is 126 Å². The lowest BCUT2D eigenvalue weighted by atomic mass is 9.99. The lowest BCUT2D eigenvalue weighted by Gasteiger charge is -2.23. The lowest BCUT2D eigenvalue weighted by molar-refractivity contribution is -0.154. The summed E-state index contributed by atoms with van der Waals surface area (Å²) in [6.07, 6.45) is -2.77. The number of hydrogen-bond donors (Lipinski definition) is 1. The Morgan fingerprint density at radius 3 is 2.50 bits per heavy atom. The molecule has 5 nitrogen and oxygen atoms in total. The molecule has 1 aromatic heterocycles. The maximum absolute atomic E-state index is 12.1. The Hall–Kier alpha value is -1.99. The molecule has 0 saturated carbocycles. The van der Waals surface area contributed by atoms with E-state index in [9.17, 15) is 18.0 Å². The highest BCUT2D eigenvalue weighted by Crippen LogP contribution is 2.22. The van der Waals surface area contributed by atoms with Crippen molar-refractivity contribution in [3.05, 3.63) is 23.4 Å². The number of carbonyl (C=O) groups is 1. The van der Waals surface area contributed by atoms with Crippen LogP contribution < -0.4 is 10.5 Å². The fourth-order valence-corrected chi connectivity index (χ4v) is 1.83. The van der Waals surface area contributed by atoms with E-state index in [1.807, 2.05) is 0 Å². The largest absolute Gasteiger partial charge is 0.468 e. The first-order chi connectivity index (χ1) is 9.98. The van der Waals surface area contributed by atoms with E-state index in [0.717, 1.165) is 5.56 Å². The third-order valence-electron chi connectivity index (χ3n) is 2.85. The number of alkyl halides is 3. The number of aryl methyl sites for hydroxylation is 2. The fourth-order valence-electron chi connectivity index (χ4n) is 1.83. The zero-order valence-electron chi connectivity index (χ0n) is 12.7. The average molecular weight is 320 g/mol. The summed E-state index contributed by atoms with van der Waals surface area (Å²) in [4.78, 5) is 14.6. The summed E-state index contributed by atoms with van der Waals surface area (Å²) >= 11 is 0. The molecule has 0 unspecified atom stereocenters. The third kappa shape index (κ3) is 6.64. The van der Waals surface area contributed by atoms with Crippen molar-refractivity contribution in [2.45, 2.75) is 45.4 Å². The molecule has 2 N–H and O–H groups in total. The van der Waals surface area contributed by atoms with Crippen LogP contribution in [0.5, 0.6) is 5.88 Å². The summed E-state index contributed by atoms with van der Waals surface area (Å²) in [5, 5.41) is 0. The Bertz CT molecular complexity index is 531. The molecule has 0 aliphatic rings. The van der Waals surface area contributed by atoms with Gasteiger partial charge < -0.3 is 15.2 Å². The van der Waals surface area contributed by atoms with Crippen LogP contribution in [-0.4, -0.2) is 29.5 Å². The van der Waals surface area contributed by atoms with Gasteiger partial charge >= 0.3 is 12.3 Å². The van der Waals surface area contributed by atoms with Gasteiger partial charge in [0.05, 0.1) is 0 Å². The second-order valence-corrected chi connectivity index (χ2v) is 5.55. The van der Waals surface area contributed by atoms with E-state index >= 15 is 0 Å². The number of halogens is 3. The molecule has 1 rings (SSSR count). The molecular formula is C14H19F3N2O3. The third-order valence-corrected chi connectivity index (χ3v) is 2.85. The van der Waals surface area contributed by atoms with Gasteiger partial charge in [-0.2, -0.15) is 13.2 Å². The van der Waals surface area contributed by atoms with Crippen LogP contribution in [0, 0.1) is 6.92 Å². The summed E-state index contributed by atoms with van der Waals surface area (Å²) in [5.74, 6) is -0.0475. The smallest absolute Gasteiger partial charge is 0.422 e. The van der Waals surface area contributed by atoms with Gasteiger partial charge in [-0.05, 0) is 45.2 Å². The van der Waals surface area contributed by atoms with Crippen molar-refractivity contribution in [3.8, 4) is 5.88 Å². The Morgan fingerprint density at radius 1 is 1.36 bits per heavy atom. The zero-order chi connectivity index (χ0) is 17.0. The van der Waals surface area contributed by atoms with Gasteiger partial charge in [-0.25, -0.2) is 9.78 Å². The minimum Gasteiger partial charge on any atom is -0.468 e. The molecule has 1 heterocycles. The zero-order valence-corrected chi connectivity index (χ0v) is 12.7. The van der Waals surface area contributed by atoms with Gasteiger partial charge in [0.25, 0.3) is 0 Å². The van der Waals surface area contributed by atoms with E-state index in [2.05, 4.69) is 9.72 Å². The number of nitrogens with zero attached hydrogens (tertiary/aromatic N) is 1. The maximum atomic E-state index is 12.1. The summed E-state index contributed by atoms with van der Waals surface area (Å²) in [7, 11) is 0. The van der Waals surface area contributed by atoms with Gasteiger partial charge in [-0.3, -0.25) is 0 Å². The van der Waals surface area contributed by atoms with Gasteiger partial charge in [0.15, 0.2) is 6.61 Å². The van der Waals surface area contributed by atoms with Gasteiger partial charge in [-0.15, -0.1) is 0 Å². The van der Waals surface area contributed by atoms with E-state index in [0.29, 0.717) is 18.4 Å². The first-order valence-corrected chi connectivity index (χ1v) is 6.62. The van der Waals surface area contributed by atoms with Crippen LogP contribution in [-0.2, 0) is 11.2 Å². The van der Waals surface area contributed by atoms with Crippen LogP contribution in [0.4, 0.5) is 18.0 Å². The molecule has 0 fully saturated rings. The normalized spacial score (nSPS) is 12.1. The second-order valence-electron chi connectivity index (χ2n) is 5.55. The monoisotopic (exact) mass is 320 g/mol. The number of nitrogens with two attached hydrogens (primary N) is 1. The molecular weight excluding hydrogens is 301 g/mol. The van der Waals surface area contributed by atoms with E-state index < -0.39 is 24.5 Å². The lowest BCUT2D eigenvalue weighted by Crippen LogP contribution is -2.31. The molecule has 0 aliphatic carbocycles. The first kappa shape index (κ1) is 18.1. The number of aromatic nitrogens is 1.